The molecule has 1 heterocycles. The lowest BCUT2D eigenvalue weighted by molar-refractivity contribution is -0.124. The van der Waals surface area contributed by atoms with Crippen LogP contribution < -0.4 is 9.47 Å². The second-order valence-electron chi connectivity index (χ2n) is 10.8. The van der Waals surface area contributed by atoms with E-state index in [-0.39, 0.29) is 11.9 Å². The zero-order chi connectivity index (χ0) is 27.2. The number of rotatable bonds is 8. The van der Waals surface area contributed by atoms with E-state index in [1.807, 2.05) is 36.1 Å². The summed E-state index contributed by atoms with van der Waals surface area (Å²) in [4.78, 5) is 21.7. The van der Waals surface area contributed by atoms with Crippen LogP contribution in [0.4, 0.5) is 0 Å². The maximum absolute atomic E-state index is 13.8. The van der Waals surface area contributed by atoms with Crippen molar-refractivity contribution in [2.24, 2.45) is 4.99 Å². The fraction of sp³-hybridized carbons (Fsp3) is 0.500. The van der Waals surface area contributed by atoms with Crippen molar-refractivity contribution < 1.29 is 14.3 Å². The van der Waals surface area contributed by atoms with Gasteiger partial charge >= 0.3 is 0 Å². The normalized spacial score (nSPS) is 21.2. The summed E-state index contributed by atoms with van der Waals surface area (Å²) in [5.41, 5.74) is 3.22. The average Bonchev–Trinajstić information content (AvgIpc) is 3.23. The average molecular weight is 612 g/mol. The van der Waals surface area contributed by atoms with Crippen molar-refractivity contribution in [1.29, 1.82) is 0 Å². The van der Waals surface area contributed by atoms with E-state index in [4.69, 9.17) is 14.5 Å². The zero-order valence-electron chi connectivity index (χ0n) is 23.1. The Morgan fingerprint density at radius 3 is 2.49 bits per heavy atom. The van der Waals surface area contributed by atoms with E-state index < -0.39 is 0 Å². The van der Waals surface area contributed by atoms with Crippen molar-refractivity contribution in [3.05, 3.63) is 62.5 Å². The molecule has 0 aromatic heterocycles. The van der Waals surface area contributed by atoms with Crippen LogP contribution in [-0.2, 0) is 11.4 Å². The van der Waals surface area contributed by atoms with Gasteiger partial charge in [-0.15, -0.1) is 0 Å². The Morgan fingerprint density at radius 2 is 1.77 bits per heavy atom. The fourth-order valence-corrected chi connectivity index (χ4v) is 7.47. The predicted octanol–water partition coefficient (Wildman–Crippen LogP) is 8.67. The standard InChI is InChI=1S/C32H39BrN2O3S/c1-3-37-28-19-24(18-27(33)30(28)38-21-23-12-10-11-22(2)17-23)20-29-31(36)35(26-15-8-5-9-16-26)32(39-29)34-25-13-6-4-7-14-25/h10-12,17-20,25-26H,3-9,13-16,21H2,1-2H3. The highest BCUT2D eigenvalue weighted by atomic mass is 79.9. The fourth-order valence-electron chi connectivity index (χ4n) is 5.79. The zero-order valence-corrected chi connectivity index (χ0v) is 25.5. The number of hydrogen-bond acceptors (Lipinski definition) is 5. The molecule has 1 saturated heterocycles. The van der Waals surface area contributed by atoms with Crippen molar-refractivity contribution in [2.75, 3.05) is 6.61 Å². The highest BCUT2D eigenvalue weighted by Gasteiger charge is 2.39. The van der Waals surface area contributed by atoms with Crippen LogP contribution in [0.15, 0.2) is 50.8 Å². The highest BCUT2D eigenvalue weighted by molar-refractivity contribution is 9.10. The lowest BCUT2D eigenvalue weighted by Crippen LogP contribution is -2.41. The number of nitrogens with zero attached hydrogens (tertiary/aromatic N) is 2. The Kier molecular flexibility index (Phi) is 9.72. The van der Waals surface area contributed by atoms with Gasteiger partial charge in [-0.25, -0.2) is 0 Å². The summed E-state index contributed by atoms with van der Waals surface area (Å²) in [6, 6.07) is 12.9. The third kappa shape index (κ3) is 7.10. The SMILES string of the molecule is CCOc1cc(C=C2SC(=NC3CCCCC3)N(C3CCCCC3)C2=O)cc(Br)c1OCc1cccc(C)c1. The van der Waals surface area contributed by atoms with Gasteiger partial charge in [-0.1, -0.05) is 68.4 Å². The van der Waals surface area contributed by atoms with Gasteiger partial charge in [0.2, 0.25) is 0 Å². The van der Waals surface area contributed by atoms with Crippen molar-refractivity contribution >= 4 is 44.8 Å². The van der Waals surface area contributed by atoms with Gasteiger partial charge in [-0.05, 0) is 96.6 Å². The molecule has 3 aliphatic rings. The van der Waals surface area contributed by atoms with Gasteiger partial charge in [0.25, 0.3) is 5.91 Å². The number of amidine groups is 1. The second-order valence-corrected chi connectivity index (χ2v) is 12.7. The van der Waals surface area contributed by atoms with Crippen LogP contribution in [0.2, 0.25) is 0 Å². The lowest BCUT2D eigenvalue weighted by Gasteiger charge is -2.31. The molecule has 3 fully saturated rings. The van der Waals surface area contributed by atoms with E-state index in [1.54, 1.807) is 11.8 Å². The summed E-state index contributed by atoms with van der Waals surface area (Å²) in [6.07, 6.45) is 13.8. The topological polar surface area (TPSA) is 51.1 Å². The van der Waals surface area contributed by atoms with Gasteiger partial charge in [-0.2, -0.15) is 0 Å². The minimum Gasteiger partial charge on any atom is -0.490 e. The first kappa shape index (κ1) is 28.3. The molecule has 0 unspecified atom stereocenters. The Hall–Kier alpha value is -2.25. The molecule has 2 aromatic rings. The molecule has 0 N–H and O–H groups in total. The number of carbonyl (C=O) groups excluding carboxylic acids is 1. The van der Waals surface area contributed by atoms with Crippen LogP contribution in [0.3, 0.4) is 0 Å². The number of amides is 1. The molecule has 0 bridgehead atoms. The van der Waals surface area contributed by atoms with E-state index in [0.717, 1.165) is 51.4 Å². The van der Waals surface area contributed by atoms with Gasteiger partial charge in [0.15, 0.2) is 16.7 Å². The molecule has 2 saturated carbocycles. The molecule has 39 heavy (non-hydrogen) atoms. The number of carbonyl (C=O) groups is 1. The third-order valence-electron chi connectivity index (χ3n) is 7.74. The van der Waals surface area contributed by atoms with Crippen LogP contribution >= 0.6 is 27.7 Å². The van der Waals surface area contributed by atoms with Crippen molar-refractivity contribution in [1.82, 2.24) is 4.90 Å². The van der Waals surface area contributed by atoms with Gasteiger partial charge in [-0.3, -0.25) is 14.7 Å². The summed E-state index contributed by atoms with van der Waals surface area (Å²) in [5.74, 6) is 1.44. The Labute approximate surface area is 245 Å². The van der Waals surface area contributed by atoms with Crippen molar-refractivity contribution in [3.63, 3.8) is 0 Å². The molecule has 2 aromatic carbocycles. The first-order valence-corrected chi connectivity index (χ1v) is 16.1. The van der Waals surface area contributed by atoms with Gasteiger partial charge in [0.05, 0.1) is 22.0 Å². The number of ether oxygens (including phenoxy) is 2. The molecule has 0 radical (unpaired) electrons. The van der Waals surface area contributed by atoms with Crippen LogP contribution in [0.5, 0.6) is 11.5 Å². The molecule has 7 heteroatoms. The number of thioether (sulfide) groups is 1. The molecular weight excluding hydrogens is 572 g/mol. The molecular formula is C32H39BrN2O3S. The molecule has 1 amide bonds. The predicted molar refractivity (Wildman–Crippen MR) is 164 cm³/mol. The summed E-state index contributed by atoms with van der Waals surface area (Å²) in [6.45, 7) is 5.02. The van der Waals surface area contributed by atoms with Crippen LogP contribution in [0.1, 0.15) is 87.8 Å². The molecule has 5 rings (SSSR count). The number of aryl methyl sites for hydroxylation is 1. The molecule has 208 valence electrons. The summed E-state index contributed by atoms with van der Waals surface area (Å²) >= 11 is 5.26. The van der Waals surface area contributed by atoms with Crippen LogP contribution in [0, 0.1) is 6.92 Å². The van der Waals surface area contributed by atoms with Crippen molar-refractivity contribution in [3.8, 4) is 11.5 Å². The minimum absolute atomic E-state index is 0.0929. The number of benzene rings is 2. The molecule has 5 nitrogen and oxygen atoms in total. The van der Waals surface area contributed by atoms with Gasteiger partial charge < -0.3 is 9.47 Å². The first-order valence-electron chi connectivity index (χ1n) is 14.5. The maximum Gasteiger partial charge on any atom is 0.266 e. The first-order chi connectivity index (χ1) is 19.0. The number of halogens is 1. The van der Waals surface area contributed by atoms with E-state index >= 15 is 0 Å². The van der Waals surface area contributed by atoms with E-state index in [0.29, 0.717) is 30.8 Å². The number of aliphatic imine (C=N–C) groups is 1. The van der Waals surface area contributed by atoms with Crippen LogP contribution in [0.25, 0.3) is 6.08 Å². The Morgan fingerprint density at radius 1 is 1.03 bits per heavy atom. The quantitative estimate of drug-likeness (QED) is 0.280. The number of hydrogen-bond donors (Lipinski definition) is 0. The third-order valence-corrected chi connectivity index (χ3v) is 9.33. The molecule has 2 aliphatic carbocycles. The van der Waals surface area contributed by atoms with Crippen molar-refractivity contribution in [2.45, 2.75) is 96.7 Å². The van der Waals surface area contributed by atoms with E-state index in [2.05, 4.69) is 41.1 Å². The van der Waals surface area contributed by atoms with Crippen LogP contribution in [-0.4, -0.2) is 34.7 Å². The minimum atomic E-state index is 0.0929. The van der Waals surface area contributed by atoms with E-state index in [9.17, 15) is 4.79 Å². The lowest BCUT2D eigenvalue weighted by atomic mass is 9.94. The smallest absolute Gasteiger partial charge is 0.266 e. The summed E-state index contributed by atoms with van der Waals surface area (Å²) in [5, 5.41) is 0.909. The molecule has 1 aliphatic heterocycles. The van der Waals surface area contributed by atoms with Gasteiger partial charge in [0.1, 0.15) is 6.61 Å². The largest absolute Gasteiger partial charge is 0.490 e. The molecule has 0 spiro atoms. The highest BCUT2D eigenvalue weighted by Crippen LogP contribution is 2.41. The monoisotopic (exact) mass is 610 g/mol. The molecule has 0 atom stereocenters. The maximum atomic E-state index is 13.8. The second kappa shape index (κ2) is 13.4. The Balaban J connectivity index is 1.41. The Bertz CT molecular complexity index is 1230. The summed E-state index contributed by atoms with van der Waals surface area (Å²) < 4.78 is 13.0. The van der Waals surface area contributed by atoms with E-state index in [1.165, 1.54) is 44.1 Å². The van der Waals surface area contributed by atoms with Gasteiger partial charge in [0, 0.05) is 6.04 Å². The summed E-state index contributed by atoms with van der Waals surface area (Å²) in [7, 11) is 0.